The fraction of sp³-hybridized carbons (Fsp3) is 0.375. The van der Waals surface area contributed by atoms with Gasteiger partial charge in [0.2, 0.25) is 10.0 Å². The van der Waals surface area contributed by atoms with E-state index in [1.54, 1.807) is 30.0 Å². The number of halogens is 1. The summed E-state index contributed by atoms with van der Waals surface area (Å²) in [6.07, 6.45) is 2.63. The van der Waals surface area contributed by atoms with Crippen molar-refractivity contribution < 1.29 is 13.2 Å². The number of anilines is 1. The van der Waals surface area contributed by atoms with Crippen molar-refractivity contribution in [2.45, 2.75) is 6.92 Å². The number of nitrogens with zero attached hydrogens (tertiary/aromatic N) is 3. The van der Waals surface area contributed by atoms with Crippen LogP contribution in [-0.4, -0.2) is 56.0 Å². The van der Waals surface area contributed by atoms with Gasteiger partial charge in [-0.25, -0.2) is 8.42 Å². The Hall–Kier alpha value is -2.08. The van der Waals surface area contributed by atoms with Gasteiger partial charge in [-0.1, -0.05) is 17.7 Å². The molecule has 0 spiro atoms. The number of sulfonamides is 1. The number of rotatable bonds is 4. The molecule has 7 nitrogen and oxygen atoms in total. The van der Waals surface area contributed by atoms with Crippen LogP contribution in [0.25, 0.3) is 0 Å². The van der Waals surface area contributed by atoms with Crippen LogP contribution >= 0.6 is 11.6 Å². The van der Waals surface area contributed by atoms with Crippen molar-refractivity contribution in [3.8, 4) is 6.07 Å². The molecule has 0 atom stereocenters. The smallest absolute Gasteiger partial charge is 0.267 e. The Balaban J connectivity index is 2.07. The van der Waals surface area contributed by atoms with Crippen LogP contribution in [0, 0.1) is 18.3 Å². The zero-order valence-electron chi connectivity index (χ0n) is 14.0. The minimum absolute atomic E-state index is 0.0489. The lowest BCUT2D eigenvalue weighted by Crippen LogP contribution is -2.46. The monoisotopic (exact) mass is 382 g/mol. The topological polar surface area (TPSA) is 93.5 Å². The molecule has 1 saturated heterocycles. The second-order valence-electron chi connectivity index (χ2n) is 5.72. The molecule has 0 aliphatic carbocycles. The molecule has 0 saturated carbocycles. The van der Waals surface area contributed by atoms with Crippen molar-refractivity contribution >= 4 is 33.2 Å². The SMILES string of the molecule is Cc1c(Cl)cccc1NC(=O)/C(C#N)=C\N1CCN(S(C)(=O)=O)CC1. The maximum Gasteiger partial charge on any atom is 0.267 e. The second kappa shape index (κ2) is 7.87. The first-order valence-electron chi connectivity index (χ1n) is 7.60. The van der Waals surface area contributed by atoms with Gasteiger partial charge in [-0.15, -0.1) is 0 Å². The Bertz CT molecular complexity index is 837. The summed E-state index contributed by atoms with van der Waals surface area (Å²) in [5.74, 6) is -0.529. The lowest BCUT2D eigenvalue weighted by molar-refractivity contribution is -0.112. The summed E-state index contributed by atoms with van der Waals surface area (Å²) in [4.78, 5) is 14.1. The Morgan fingerprint density at radius 1 is 1.32 bits per heavy atom. The molecule has 1 aromatic rings. The maximum absolute atomic E-state index is 12.3. The Labute approximate surface area is 152 Å². The van der Waals surface area contributed by atoms with Gasteiger partial charge in [0.1, 0.15) is 11.6 Å². The molecule has 2 rings (SSSR count). The molecule has 1 amide bonds. The van der Waals surface area contributed by atoms with E-state index >= 15 is 0 Å². The van der Waals surface area contributed by atoms with Crippen LogP contribution in [0.4, 0.5) is 5.69 Å². The number of carbonyl (C=O) groups is 1. The predicted molar refractivity (Wildman–Crippen MR) is 96.5 cm³/mol. The van der Waals surface area contributed by atoms with E-state index in [1.807, 2.05) is 6.07 Å². The molecule has 0 bridgehead atoms. The highest BCUT2D eigenvalue weighted by Crippen LogP contribution is 2.23. The second-order valence-corrected chi connectivity index (χ2v) is 8.11. The highest BCUT2D eigenvalue weighted by Gasteiger charge is 2.23. The van der Waals surface area contributed by atoms with Gasteiger partial charge in [0.25, 0.3) is 5.91 Å². The van der Waals surface area contributed by atoms with Crippen molar-refractivity contribution in [3.63, 3.8) is 0 Å². The lowest BCUT2D eigenvalue weighted by atomic mass is 10.2. The summed E-state index contributed by atoms with van der Waals surface area (Å²) in [6.45, 7) is 3.26. The van der Waals surface area contributed by atoms with Crippen LogP contribution in [0.3, 0.4) is 0 Å². The van der Waals surface area contributed by atoms with Gasteiger partial charge in [0.15, 0.2) is 0 Å². The van der Waals surface area contributed by atoms with E-state index in [0.29, 0.717) is 36.9 Å². The highest BCUT2D eigenvalue weighted by atomic mass is 35.5. The number of carbonyl (C=O) groups excluding carboxylic acids is 1. The minimum atomic E-state index is -3.22. The van der Waals surface area contributed by atoms with Crippen molar-refractivity contribution in [1.82, 2.24) is 9.21 Å². The third-order valence-corrected chi connectivity index (χ3v) is 5.65. The van der Waals surface area contributed by atoms with Gasteiger partial charge in [-0.2, -0.15) is 9.57 Å². The van der Waals surface area contributed by atoms with E-state index in [0.717, 1.165) is 5.56 Å². The van der Waals surface area contributed by atoms with E-state index in [9.17, 15) is 18.5 Å². The number of piperazine rings is 1. The molecule has 1 aliphatic rings. The maximum atomic E-state index is 12.3. The van der Waals surface area contributed by atoms with E-state index in [2.05, 4.69) is 5.32 Å². The summed E-state index contributed by atoms with van der Waals surface area (Å²) in [5.41, 5.74) is 1.21. The number of amides is 1. The van der Waals surface area contributed by atoms with Crippen LogP contribution in [0.15, 0.2) is 30.0 Å². The molecule has 0 aromatic heterocycles. The number of benzene rings is 1. The average molecular weight is 383 g/mol. The lowest BCUT2D eigenvalue weighted by Gasteiger charge is -2.32. The van der Waals surface area contributed by atoms with Crippen LogP contribution in [0.2, 0.25) is 5.02 Å². The van der Waals surface area contributed by atoms with E-state index < -0.39 is 15.9 Å². The summed E-state index contributed by atoms with van der Waals surface area (Å²) in [7, 11) is -3.22. The molecule has 134 valence electrons. The quantitative estimate of drug-likeness (QED) is 0.630. The van der Waals surface area contributed by atoms with Gasteiger partial charge in [0, 0.05) is 43.1 Å². The van der Waals surface area contributed by atoms with Crippen molar-refractivity contribution in [1.29, 1.82) is 5.26 Å². The third kappa shape index (κ3) is 4.95. The van der Waals surface area contributed by atoms with E-state index in [-0.39, 0.29) is 5.57 Å². The van der Waals surface area contributed by atoms with Crippen molar-refractivity contribution in [2.75, 3.05) is 37.8 Å². The average Bonchev–Trinajstić information content (AvgIpc) is 2.56. The zero-order chi connectivity index (χ0) is 18.6. The molecule has 1 aromatic carbocycles. The molecule has 1 N–H and O–H groups in total. The molecule has 1 heterocycles. The number of nitriles is 1. The molecule has 25 heavy (non-hydrogen) atoms. The van der Waals surface area contributed by atoms with Gasteiger partial charge in [-0.3, -0.25) is 4.79 Å². The van der Waals surface area contributed by atoms with Gasteiger partial charge >= 0.3 is 0 Å². The Morgan fingerprint density at radius 2 is 1.96 bits per heavy atom. The van der Waals surface area contributed by atoms with Crippen molar-refractivity contribution in [3.05, 3.63) is 40.6 Å². The zero-order valence-corrected chi connectivity index (χ0v) is 15.6. The fourth-order valence-corrected chi connectivity index (χ4v) is 3.42. The fourth-order valence-electron chi connectivity index (χ4n) is 2.42. The molecule has 0 radical (unpaired) electrons. The van der Waals surface area contributed by atoms with E-state index in [4.69, 9.17) is 11.6 Å². The largest absolute Gasteiger partial charge is 0.373 e. The highest BCUT2D eigenvalue weighted by molar-refractivity contribution is 7.88. The van der Waals surface area contributed by atoms with Crippen LogP contribution in [0.5, 0.6) is 0 Å². The number of hydrogen-bond acceptors (Lipinski definition) is 5. The first-order valence-corrected chi connectivity index (χ1v) is 9.82. The molecule has 0 unspecified atom stereocenters. The van der Waals surface area contributed by atoms with E-state index in [1.165, 1.54) is 16.8 Å². The van der Waals surface area contributed by atoms with Crippen LogP contribution < -0.4 is 5.32 Å². The first-order chi connectivity index (χ1) is 11.7. The summed E-state index contributed by atoms with van der Waals surface area (Å²) < 4.78 is 24.4. The summed E-state index contributed by atoms with van der Waals surface area (Å²) in [6, 6.07) is 7.03. The number of hydrogen-bond donors (Lipinski definition) is 1. The summed E-state index contributed by atoms with van der Waals surface area (Å²) in [5, 5.41) is 12.5. The molecule has 1 fully saturated rings. The molecule has 9 heteroatoms. The Morgan fingerprint density at radius 3 is 2.52 bits per heavy atom. The number of nitrogens with one attached hydrogen (secondary N) is 1. The van der Waals surface area contributed by atoms with Gasteiger partial charge in [-0.05, 0) is 24.6 Å². The minimum Gasteiger partial charge on any atom is -0.373 e. The van der Waals surface area contributed by atoms with Gasteiger partial charge in [0.05, 0.1) is 6.26 Å². The first kappa shape index (κ1) is 19.2. The Kier molecular flexibility index (Phi) is 6.06. The van der Waals surface area contributed by atoms with Crippen molar-refractivity contribution in [2.24, 2.45) is 0 Å². The van der Waals surface area contributed by atoms with Gasteiger partial charge < -0.3 is 10.2 Å². The standard InChI is InChI=1S/C16H19ClN4O3S/c1-12-14(17)4-3-5-15(12)19-16(22)13(10-18)11-20-6-8-21(9-7-20)25(2,23)24/h3-5,11H,6-9H2,1-2H3,(H,19,22)/b13-11-. The molecule has 1 aliphatic heterocycles. The molecular weight excluding hydrogens is 364 g/mol. The van der Waals surface area contributed by atoms with Crippen LogP contribution in [0.1, 0.15) is 5.56 Å². The predicted octanol–water partition coefficient (Wildman–Crippen LogP) is 1.57. The normalized spacial score (nSPS) is 16.4. The molecular formula is C16H19ClN4O3S. The van der Waals surface area contributed by atoms with Crippen LogP contribution in [-0.2, 0) is 14.8 Å². The summed E-state index contributed by atoms with van der Waals surface area (Å²) >= 11 is 6.02. The third-order valence-electron chi connectivity index (χ3n) is 3.93.